The lowest BCUT2D eigenvalue weighted by Crippen LogP contribution is -2.17. The molecule has 0 aliphatic carbocycles. The van der Waals surface area contributed by atoms with Crippen LogP contribution in [-0.2, 0) is 0 Å². The predicted molar refractivity (Wildman–Crippen MR) is 136 cm³/mol. The van der Waals surface area contributed by atoms with E-state index in [4.69, 9.17) is 0 Å². The monoisotopic (exact) mass is 442 g/mol. The van der Waals surface area contributed by atoms with Crippen molar-refractivity contribution in [2.24, 2.45) is 5.10 Å². The lowest BCUT2D eigenvalue weighted by Gasteiger charge is -2.15. The molecule has 0 aliphatic rings. The van der Waals surface area contributed by atoms with Gasteiger partial charge in [0.1, 0.15) is 0 Å². The van der Waals surface area contributed by atoms with E-state index in [2.05, 4.69) is 56.5 Å². The van der Waals surface area contributed by atoms with E-state index in [0.717, 1.165) is 33.8 Å². The molecule has 1 amide bonds. The second-order valence-corrected chi connectivity index (χ2v) is 7.70. The van der Waals surface area contributed by atoms with Crippen LogP contribution in [0.3, 0.4) is 0 Å². The average molecular weight is 443 g/mol. The van der Waals surface area contributed by atoms with Gasteiger partial charge in [0.25, 0.3) is 5.91 Å². The van der Waals surface area contributed by atoms with Crippen molar-refractivity contribution in [2.75, 3.05) is 0 Å². The first-order valence-electron chi connectivity index (χ1n) is 11.0. The summed E-state index contributed by atoms with van der Waals surface area (Å²) >= 11 is 0. The number of hydrogen-bond acceptors (Lipinski definition) is 3. The Hall–Kier alpha value is -4.77. The molecule has 0 atom stereocenters. The van der Waals surface area contributed by atoms with E-state index in [1.807, 2.05) is 72.8 Å². The molecule has 5 nitrogen and oxygen atoms in total. The van der Waals surface area contributed by atoms with Crippen molar-refractivity contribution in [1.29, 1.82) is 0 Å². The van der Waals surface area contributed by atoms with Gasteiger partial charge in [0, 0.05) is 29.2 Å². The fraction of sp³-hybridized carbons (Fsp3) is 0. The first-order valence-corrected chi connectivity index (χ1v) is 11.0. The Kier molecular flexibility index (Phi) is 6.08. The predicted octanol–water partition coefficient (Wildman–Crippen LogP) is 5.97. The summed E-state index contributed by atoms with van der Waals surface area (Å²) in [6.07, 6.45) is 4.93. The van der Waals surface area contributed by atoms with E-state index >= 15 is 0 Å². The lowest BCUT2D eigenvalue weighted by atomic mass is 10.1. The van der Waals surface area contributed by atoms with Crippen molar-refractivity contribution >= 4 is 12.1 Å². The van der Waals surface area contributed by atoms with Gasteiger partial charge < -0.3 is 4.57 Å². The van der Waals surface area contributed by atoms with Gasteiger partial charge in [0.2, 0.25) is 0 Å². The Morgan fingerprint density at radius 3 is 1.91 bits per heavy atom. The van der Waals surface area contributed by atoms with Gasteiger partial charge in [0.05, 0.1) is 17.6 Å². The number of carbonyl (C=O) groups is 1. The smallest absolute Gasteiger partial charge is 0.271 e. The van der Waals surface area contributed by atoms with E-state index in [-0.39, 0.29) is 5.91 Å². The Labute approximate surface area is 198 Å². The summed E-state index contributed by atoms with van der Waals surface area (Å²) in [5.74, 6) is -0.272. The third-order valence-corrected chi connectivity index (χ3v) is 5.47. The van der Waals surface area contributed by atoms with E-state index < -0.39 is 0 Å². The van der Waals surface area contributed by atoms with Crippen molar-refractivity contribution in [3.63, 3.8) is 0 Å². The van der Waals surface area contributed by atoms with Crippen LogP contribution in [0.4, 0.5) is 0 Å². The summed E-state index contributed by atoms with van der Waals surface area (Å²) < 4.78 is 2.22. The fourth-order valence-corrected chi connectivity index (χ4v) is 3.83. The highest BCUT2D eigenvalue weighted by atomic mass is 16.2. The van der Waals surface area contributed by atoms with Crippen molar-refractivity contribution in [3.05, 3.63) is 133 Å². The van der Waals surface area contributed by atoms with E-state index in [0.29, 0.717) is 5.56 Å². The highest BCUT2D eigenvalue weighted by Crippen LogP contribution is 2.32. The summed E-state index contributed by atoms with van der Waals surface area (Å²) in [5, 5.41) is 4.03. The molecule has 0 bridgehead atoms. The second-order valence-electron chi connectivity index (χ2n) is 7.70. The van der Waals surface area contributed by atoms with E-state index in [1.165, 1.54) is 0 Å². The van der Waals surface area contributed by atoms with E-state index in [9.17, 15) is 4.79 Å². The van der Waals surface area contributed by atoms with Gasteiger partial charge in [-0.2, -0.15) is 5.10 Å². The Bertz CT molecular complexity index is 1350. The van der Waals surface area contributed by atoms with Crippen molar-refractivity contribution in [3.8, 4) is 28.2 Å². The molecule has 2 aromatic heterocycles. The topological polar surface area (TPSA) is 59.3 Å². The largest absolute Gasteiger partial charge is 0.309 e. The van der Waals surface area contributed by atoms with Crippen LogP contribution in [0.25, 0.3) is 28.2 Å². The van der Waals surface area contributed by atoms with Crippen LogP contribution >= 0.6 is 0 Å². The van der Waals surface area contributed by atoms with Crippen LogP contribution in [0.5, 0.6) is 0 Å². The highest BCUT2D eigenvalue weighted by molar-refractivity contribution is 5.95. The Morgan fingerprint density at radius 1 is 0.735 bits per heavy atom. The number of aromatic nitrogens is 2. The number of carbonyl (C=O) groups excluding carboxylic acids is 1. The number of nitrogens with one attached hydrogen (secondary N) is 1. The van der Waals surface area contributed by atoms with Crippen molar-refractivity contribution in [1.82, 2.24) is 15.0 Å². The summed E-state index contributed by atoms with van der Waals surface area (Å²) in [6, 6.07) is 36.1. The molecule has 5 rings (SSSR count). The summed E-state index contributed by atoms with van der Waals surface area (Å²) in [5.41, 5.74) is 9.29. The molecular formula is C29H22N4O. The quantitative estimate of drug-likeness (QED) is 0.260. The lowest BCUT2D eigenvalue weighted by molar-refractivity contribution is 0.0955. The first-order chi connectivity index (χ1) is 16.8. The van der Waals surface area contributed by atoms with Crippen LogP contribution in [0.2, 0.25) is 0 Å². The summed E-state index contributed by atoms with van der Waals surface area (Å²) in [6.45, 7) is 0. The number of rotatable bonds is 6. The minimum atomic E-state index is -0.272. The first kappa shape index (κ1) is 21.1. The van der Waals surface area contributed by atoms with Crippen LogP contribution in [-0.4, -0.2) is 21.7 Å². The zero-order chi connectivity index (χ0) is 23.2. The standard InChI is InChI=1S/C29H22N4O/c34-29(32-31-21-22-8-7-19-30-20-22)25-13-15-26(16-14-25)33-27(23-9-3-1-4-10-23)17-18-28(33)24-11-5-2-6-12-24/h1-21H,(H,32,34)/b31-21-. The highest BCUT2D eigenvalue weighted by Gasteiger charge is 2.14. The normalized spacial score (nSPS) is 10.9. The third kappa shape index (κ3) is 4.54. The molecule has 0 aliphatic heterocycles. The molecule has 1 N–H and O–H groups in total. The zero-order valence-electron chi connectivity index (χ0n) is 18.4. The molecule has 2 heterocycles. The van der Waals surface area contributed by atoms with E-state index in [1.54, 1.807) is 18.6 Å². The molecule has 0 radical (unpaired) electrons. The molecule has 0 unspecified atom stereocenters. The molecule has 5 aromatic rings. The molecule has 164 valence electrons. The van der Waals surface area contributed by atoms with Crippen LogP contribution in [0.1, 0.15) is 15.9 Å². The van der Waals surface area contributed by atoms with Crippen LogP contribution in [0, 0.1) is 0 Å². The average Bonchev–Trinajstić information content (AvgIpc) is 3.36. The number of hydrazone groups is 1. The van der Waals surface area contributed by atoms with Gasteiger partial charge >= 0.3 is 0 Å². The van der Waals surface area contributed by atoms with Gasteiger partial charge in [-0.15, -0.1) is 0 Å². The zero-order valence-corrected chi connectivity index (χ0v) is 18.4. The molecular weight excluding hydrogens is 420 g/mol. The number of nitrogens with zero attached hydrogens (tertiary/aromatic N) is 3. The minimum absolute atomic E-state index is 0.272. The maximum Gasteiger partial charge on any atom is 0.271 e. The Balaban J connectivity index is 1.45. The maximum atomic E-state index is 12.6. The van der Waals surface area contributed by atoms with Gasteiger partial charge in [0.15, 0.2) is 0 Å². The molecule has 0 saturated heterocycles. The SMILES string of the molecule is O=C(N/N=C\c1cccnc1)c1ccc(-n2c(-c3ccccc3)ccc2-c2ccccc2)cc1. The molecule has 5 heteroatoms. The molecule has 3 aromatic carbocycles. The summed E-state index contributed by atoms with van der Waals surface area (Å²) in [4.78, 5) is 16.6. The minimum Gasteiger partial charge on any atom is -0.309 e. The number of benzene rings is 3. The van der Waals surface area contributed by atoms with Gasteiger partial charge in [-0.25, -0.2) is 5.43 Å². The molecule has 0 saturated carbocycles. The van der Waals surface area contributed by atoms with Crippen molar-refractivity contribution in [2.45, 2.75) is 0 Å². The number of hydrogen-bond donors (Lipinski definition) is 1. The molecule has 0 fully saturated rings. The number of pyridine rings is 1. The molecule has 0 spiro atoms. The third-order valence-electron chi connectivity index (χ3n) is 5.47. The van der Waals surface area contributed by atoms with Gasteiger partial charge in [-0.3, -0.25) is 9.78 Å². The summed E-state index contributed by atoms with van der Waals surface area (Å²) in [7, 11) is 0. The maximum absolute atomic E-state index is 12.6. The fourth-order valence-electron chi connectivity index (χ4n) is 3.83. The second kappa shape index (κ2) is 9.79. The van der Waals surface area contributed by atoms with Gasteiger partial charge in [-0.1, -0.05) is 66.7 Å². The van der Waals surface area contributed by atoms with Crippen LogP contribution in [0.15, 0.2) is 127 Å². The van der Waals surface area contributed by atoms with Crippen molar-refractivity contribution < 1.29 is 4.79 Å². The molecule has 34 heavy (non-hydrogen) atoms. The van der Waals surface area contributed by atoms with Gasteiger partial charge in [-0.05, 0) is 53.6 Å². The Morgan fingerprint density at radius 2 is 1.35 bits per heavy atom. The van der Waals surface area contributed by atoms with Crippen LogP contribution < -0.4 is 5.43 Å². The number of amides is 1.